The Labute approximate surface area is 232 Å². The van der Waals surface area contributed by atoms with Crippen LogP contribution in [0.5, 0.6) is 0 Å². The van der Waals surface area contributed by atoms with E-state index >= 15 is 0 Å². The Bertz CT molecular complexity index is 1350. The van der Waals surface area contributed by atoms with E-state index in [0.29, 0.717) is 40.5 Å². The first-order valence-electron chi connectivity index (χ1n) is 12.4. The molecule has 3 aliphatic heterocycles. The van der Waals surface area contributed by atoms with Gasteiger partial charge < -0.3 is 19.4 Å². The largest absolute Gasteiger partial charge is 0.542 e. The van der Waals surface area contributed by atoms with Crippen molar-refractivity contribution in [1.82, 2.24) is 10.6 Å². The molecule has 1 saturated heterocycles. The zero-order chi connectivity index (χ0) is 30.5. The van der Waals surface area contributed by atoms with Gasteiger partial charge in [-0.1, -0.05) is 12.7 Å². The zero-order valence-corrected chi connectivity index (χ0v) is 22.1. The zero-order valence-electron chi connectivity index (χ0n) is 22.1. The predicted octanol–water partition coefficient (Wildman–Crippen LogP) is 1.67. The molecule has 0 radical (unpaired) electrons. The van der Waals surface area contributed by atoms with Crippen molar-refractivity contribution < 1.29 is 51.6 Å². The van der Waals surface area contributed by atoms with E-state index in [1.54, 1.807) is 19.1 Å². The van der Waals surface area contributed by atoms with Crippen molar-refractivity contribution in [1.29, 1.82) is 0 Å². The third kappa shape index (κ3) is 6.73. The number of carboxylic acids is 1. The Balaban J connectivity index is 0.000000587. The fourth-order valence-corrected chi connectivity index (χ4v) is 4.81. The molecule has 2 atom stereocenters. The first kappa shape index (κ1) is 30.8. The van der Waals surface area contributed by atoms with E-state index in [-0.39, 0.29) is 31.0 Å². The smallest absolute Gasteiger partial charge is 0.430 e. The van der Waals surface area contributed by atoms with Gasteiger partial charge in [0.15, 0.2) is 0 Å². The number of aliphatic carboxylic acids is 1. The number of piperidine rings is 1. The van der Waals surface area contributed by atoms with Gasteiger partial charge in [0.05, 0.1) is 17.2 Å². The van der Waals surface area contributed by atoms with Crippen LogP contribution in [0, 0.1) is 10.1 Å². The summed E-state index contributed by atoms with van der Waals surface area (Å²) in [6, 6.07) is 5.41. The van der Waals surface area contributed by atoms with Gasteiger partial charge >= 0.3 is 24.1 Å². The van der Waals surface area contributed by atoms with Gasteiger partial charge in [-0.15, -0.1) is 0 Å². The maximum Gasteiger partial charge on any atom is 0.430 e. The number of nitrogens with zero attached hydrogens (tertiary/aromatic N) is 2. The number of rotatable bonds is 7. The number of nitro benzene ring substituents is 1. The maximum atomic E-state index is 13.2. The van der Waals surface area contributed by atoms with Gasteiger partial charge in [-0.2, -0.15) is 13.2 Å². The number of halogens is 3. The lowest BCUT2D eigenvalue weighted by Crippen LogP contribution is -2.60. The van der Waals surface area contributed by atoms with Gasteiger partial charge in [0.25, 0.3) is 5.69 Å². The van der Waals surface area contributed by atoms with Crippen LogP contribution in [-0.4, -0.2) is 64.8 Å². The highest BCUT2D eigenvalue weighted by Crippen LogP contribution is 2.36. The summed E-state index contributed by atoms with van der Waals surface area (Å²) < 4.78 is 44.3. The molecule has 3 aliphatic rings. The van der Waals surface area contributed by atoms with E-state index in [0.717, 1.165) is 12.8 Å². The van der Waals surface area contributed by atoms with Crippen LogP contribution in [0.25, 0.3) is 5.70 Å². The van der Waals surface area contributed by atoms with E-state index in [4.69, 9.17) is 19.4 Å². The topological polar surface area (TPSA) is 163 Å². The number of hydrogen-bond acceptors (Lipinski definition) is 10. The molecular formula is C26H27F3N4O8. The maximum absolute atomic E-state index is 13.2. The third-order valence-corrected chi connectivity index (χ3v) is 6.42. The van der Waals surface area contributed by atoms with E-state index in [1.807, 2.05) is 11.5 Å². The van der Waals surface area contributed by atoms with Crippen molar-refractivity contribution in [2.75, 3.05) is 13.2 Å². The second kappa shape index (κ2) is 12.7. The van der Waals surface area contributed by atoms with Gasteiger partial charge in [0, 0.05) is 17.7 Å². The summed E-state index contributed by atoms with van der Waals surface area (Å²) in [4.78, 5) is 45.4. The third-order valence-electron chi connectivity index (χ3n) is 6.42. The molecule has 0 aromatic heterocycles. The highest BCUT2D eigenvalue weighted by atomic mass is 19.4. The Morgan fingerprint density at radius 2 is 1.66 bits per heavy atom. The van der Waals surface area contributed by atoms with Gasteiger partial charge in [-0.05, 0) is 45.2 Å². The predicted molar refractivity (Wildman–Crippen MR) is 135 cm³/mol. The first-order chi connectivity index (χ1) is 19.3. The molecule has 1 aromatic carbocycles. The van der Waals surface area contributed by atoms with Crippen molar-refractivity contribution in [3.05, 3.63) is 69.4 Å². The average Bonchev–Trinajstić information content (AvgIpc) is 2.91. The standard InChI is InChI=1S/C24H26N4O6.C2HF3O2/c1-4-13-34-22(29)19-14(3)25-24-26-21(15-9-11-16(12-10-15)28(31)32)20(23(30)33-5-2)18-8-6-7-17(19)27(18)24;3-2(4,5)1(6)7/h4,9-12,17-18H,1,5-8,13H2,2-3H3,(H,25,26,29,30);(H,6,7)/t17-,18+;/m1./s1. The molecule has 41 heavy (non-hydrogen) atoms. The van der Waals surface area contributed by atoms with Gasteiger partial charge in [-0.3, -0.25) is 10.1 Å². The van der Waals surface area contributed by atoms with Gasteiger partial charge in [0.1, 0.15) is 41.5 Å². The van der Waals surface area contributed by atoms with E-state index in [2.05, 4.69) is 17.2 Å². The first-order valence-corrected chi connectivity index (χ1v) is 12.4. The molecular weight excluding hydrogens is 553 g/mol. The number of nitro groups is 1. The molecule has 0 amide bonds. The molecule has 0 unspecified atom stereocenters. The number of ether oxygens (including phenoxy) is 2. The number of hydrogen-bond donors (Lipinski definition) is 2. The summed E-state index contributed by atoms with van der Waals surface area (Å²) in [6.45, 7) is 7.47. The van der Waals surface area contributed by atoms with Crippen molar-refractivity contribution >= 4 is 35.3 Å². The van der Waals surface area contributed by atoms with Crippen LogP contribution in [0.15, 0.2) is 53.8 Å². The number of carbonyl (C=O) groups excluding carboxylic acids is 3. The van der Waals surface area contributed by atoms with Crippen LogP contribution < -0.4 is 15.7 Å². The van der Waals surface area contributed by atoms with E-state index < -0.39 is 29.0 Å². The van der Waals surface area contributed by atoms with Crippen LogP contribution in [0.1, 0.15) is 38.7 Å². The van der Waals surface area contributed by atoms with Crippen molar-refractivity contribution in [2.24, 2.45) is 0 Å². The minimum absolute atomic E-state index is 0.0397. The van der Waals surface area contributed by atoms with Crippen LogP contribution in [0.3, 0.4) is 0 Å². The monoisotopic (exact) mass is 580 g/mol. The molecule has 1 aromatic rings. The normalized spacial score (nSPS) is 19.5. The van der Waals surface area contributed by atoms with Crippen LogP contribution in [-0.2, 0) is 23.9 Å². The second-order valence-electron chi connectivity index (χ2n) is 8.99. The van der Waals surface area contributed by atoms with Crippen LogP contribution in [0.2, 0.25) is 0 Å². The fraction of sp³-hybridized carbons (Fsp3) is 0.385. The number of alkyl halides is 3. The van der Waals surface area contributed by atoms with E-state index in [9.17, 15) is 32.9 Å². The Hall–Kier alpha value is -4.69. The number of carboxylic acid groups (broad SMARTS) is 1. The Kier molecular flexibility index (Phi) is 9.52. The van der Waals surface area contributed by atoms with Crippen molar-refractivity contribution in [3.63, 3.8) is 0 Å². The number of allylic oxidation sites excluding steroid dienone is 1. The lowest BCUT2D eigenvalue weighted by atomic mass is 9.84. The quantitative estimate of drug-likeness (QED) is 0.159. The number of carbonyl (C=O) groups is 3. The number of guanidine groups is 1. The second-order valence-corrected chi connectivity index (χ2v) is 8.99. The molecule has 0 spiro atoms. The highest BCUT2D eigenvalue weighted by Gasteiger charge is 2.49. The summed E-state index contributed by atoms with van der Waals surface area (Å²) in [6.07, 6.45) is -1.48. The molecule has 1 fully saturated rings. The molecule has 2 N–H and O–H groups in total. The molecule has 0 bridgehead atoms. The van der Waals surface area contributed by atoms with Crippen molar-refractivity contribution in [3.8, 4) is 0 Å². The van der Waals surface area contributed by atoms with Gasteiger partial charge in [-0.25, -0.2) is 24.8 Å². The number of benzene rings is 1. The Morgan fingerprint density at radius 1 is 1.10 bits per heavy atom. The number of esters is 2. The fourth-order valence-electron chi connectivity index (χ4n) is 4.81. The SMILES string of the molecule is C=CCOC(=O)C1=C(C)NC2=[N+]3[C@@H]1CCC[C@H]3C(C(=O)OCC)=C(c1ccc([N+](=O)[O-])cc1)N2.O=C([O-])C(F)(F)F. The summed E-state index contributed by atoms with van der Waals surface area (Å²) >= 11 is 0. The lowest BCUT2D eigenvalue weighted by Gasteiger charge is -2.40. The lowest BCUT2D eigenvalue weighted by molar-refractivity contribution is -0.599. The van der Waals surface area contributed by atoms with Crippen molar-refractivity contribution in [2.45, 2.75) is 51.4 Å². The molecule has 12 nitrogen and oxygen atoms in total. The molecule has 0 aliphatic carbocycles. The Morgan fingerprint density at radius 3 is 2.17 bits per heavy atom. The van der Waals surface area contributed by atoms with Gasteiger partial charge in [0.2, 0.25) is 0 Å². The molecule has 3 heterocycles. The van der Waals surface area contributed by atoms with Crippen LogP contribution in [0.4, 0.5) is 18.9 Å². The highest BCUT2D eigenvalue weighted by molar-refractivity contribution is 6.04. The summed E-state index contributed by atoms with van der Waals surface area (Å²) in [5.41, 5.74) is 2.75. The van der Waals surface area contributed by atoms with E-state index in [1.165, 1.54) is 18.2 Å². The number of non-ortho nitro benzene ring substituents is 1. The molecule has 0 saturated carbocycles. The number of nitrogens with one attached hydrogen (secondary N) is 2. The minimum atomic E-state index is -5.19. The van der Waals surface area contributed by atoms with Crippen LogP contribution >= 0.6 is 0 Å². The summed E-state index contributed by atoms with van der Waals surface area (Å²) in [5.74, 6) is -3.24. The summed E-state index contributed by atoms with van der Waals surface area (Å²) in [7, 11) is 0. The average molecular weight is 581 g/mol. The summed E-state index contributed by atoms with van der Waals surface area (Å²) in [5, 5.41) is 26.5. The minimum Gasteiger partial charge on any atom is -0.542 e. The molecule has 4 rings (SSSR count). The molecule has 220 valence electrons. The molecule has 15 heteroatoms.